The molecule has 1 atom stereocenters. The Morgan fingerprint density at radius 3 is 2.71 bits per heavy atom. The van der Waals surface area contributed by atoms with E-state index in [1.165, 1.54) is 0 Å². The number of nitrogens with zero attached hydrogens (tertiary/aromatic N) is 1. The third-order valence-electron chi connectivity index (χ3n) is 4.02. The van der Waals surface area contributed by atoms with Crippen LogP contribution >= 0.6 is 11.6 Å². The van der Waals surface area contributed by atoms with E-state index in [0.29, 0.717) is 30.2 Å². The van der Waals surface area contributed by atoms with Crippen molar-refractivity contribution < 1.29 is 19.4 Å². The molecule has 0 radical (unpaired) electrons. The van der Waals surface area contributed by atoms with Crippen molar-refractivity contribution in [3.8, 4) is 5.75 Å². The second-order valence-corrected chi connectivity index (χ2v) is 5.63. The summed E-state index contributed by atoms with van der Waals surface area (Å²) in [6, 6.07) is 6.92. The van der Waals surface area contributed by atoms with Gasteiger partial charge in [-0.15, -0.1) is 0 Å². The van der Waals surface area contributed by atoms with E-state index in [1.807, 2.05) is 6.92 Å². The van der Waals surface area contributed by atoms with E-state index in [1.54, 1.807) is 29.2 Å². The highest BCUT2D eigenvalue weighted by atomic mass is 35.5. The minimum absolute atomic E-state index is 0.136. The van der Waals surface area contributed by atoms with Crippen molar-refractivity contribution in [2.45, 2.75) is 19.8 Å². The predicted octanol–water partition coefficient (Wildman–Crippen LogP) is 2.43. The molecule has 0 saturated carbocycles. The molecular weight excluding hydrogens is 294 g/mol. The molecular formula is C15H18ClNO4. The fourth-order valence-electron chi connectivity index (χ4n) is 2.49. The van der Waals surface area contributed by atoms with Gasteiger partial charge >= 0.3 is 5.97 Å². The first-order valence-electron chi connectivity index (χ1n) is 6.87. The van der Waals surface area contributed by atoms with Crippen LogP contribution in [0.4, 0.5) is 0 Å². The molecule has 6 heteroatoms. The van der Waals surface area contributed by atoms with Gasteiger partial charge in [-0.3, -0.25) is 9.59 Å². The molecule has 1 aliphatic rings. The molecule has 21 heavy (non-hydrogen) atoms. The van der Waals surface area contributed by atoms with Gasteiger partial charge in [-0.2, -0.15) is 0 Å². The van der Waals surface area contributed by atoms with Crippen molar-refractivity contribution >= 4 is 23.5 Å². The molecule has 1 N–H and O–H groups in total. The summed E-state index contributed by atoms with van der Waals surface area (Å²) in [6.07, 6.45) is 0.994. The highest BCUT2D eigenvalue weighted by Crippen LogP contribution is 2.34. The van der Waals surface area contributed by atoms with Crippen molar-refractivity contribution in [1.29, 1.82) is 0 Å². The van der Waals surface area contributed by atoms with Crippen molar-refractivity contribution in [3.05, 3.63) is 29.3 Å². The average Bonchev–Trinajstić information content (AvgIpc) is 2.92. The molecule has 114 valence electrons. The van der Waals surface area contributed by atoms with Crippen molar-refractivity contribution in [2.24, 2.45) is 5.41 Å². The molecule has 0 aliphatic carbocycles. The van der Waals surface area contributed by atoms with E-state index in [0.717, 1.165) is 0 Å². The van der Waals surface area contributed by atoms with Crippen LogP contribution in [0.25, 0.3) is 0 Å². The van der Waals surface area contributed by atoms with Gasteiger partial charge in [0, 0.05) is 13.1 Å². The molecule has 0 spiro atoms. The molecule has 1 heterocycles. The minimum Gasteiger partial charge on any atom is -0.482 e. The van der Waals surface area contributed by atoms with Crippen LogP contribution in [0.5, 0.6) is 5.75 Å². The van der Waals surface area contributed by atoms with Crippen LogP contribution in [-0.2, 0) is 9.59 Å². The molecule has 1 fully saturated rings. The van der Waals surface area contributed by atoms with E-state index >= 15 is 0 Å². The Labute approximate surface area is 128 Å². The van der Waals surface area contributed by atoms with E-state index in [4.69, 9.17) is 16.3 Å². The molecule has 2 rings (SSSR count). The molecule has 1 aliphatic heterocycles. The van der Waals surface area contributed by atoms with Gasteiger partial charge in [-0.05, 0) is 25.0 Å². The molecule has 1 saturated heterocycles. The highest BCUT2D eigenvalue weighted by molar-refractivity contribution is 6.32. The number of hydrogen-bond acceptors (Lipinski definition) is 3. The molecule has 0 bridgehead atoms. The summed E-state index contributed by atoms with van der Waals surface area (Å²) >= 11 is 5.95. The van der Waals surface area contributed by atoms with E-state index in [-0.39, 0.29) is 19.1 Å². The van der Waals surface area contributed by atoms with E-state index < -0.39 is 11.4 Å². The Morgan fingerprint density at radius 2 is 2.14 bits per heavy atom. The zero-order chi connectivity index (χ0) is 15.5. The van der Waals surface area contributed by atoms with Crippen molar-refractivity contribution in [3.63, 3.8) is 0 Å². The number of hydrogen-bond donors (Lipinski definition) is 1. The first-order chi connectivity index (χ1) is 9.98. The first kappa shape index (κ1) is 15.6. The summed E-state index contributed by atoms with van der Waals surface area (Å²) in [5, 5.41) is 9.77. The van der Waals surface area contributed by atoms with Crippen LogP contribution < -0.4 is 4.74 Å². The number of amides is 1. The van der Waals surface area contributed by atoms with Crippen molar-refractivity contribution in [1.82, 2.24) is 4.90 Å². The topological polar surface area (TPSA) is 66.8 Å². The standard InChI is InChI=1S/C15H18ClNO4/c1-2-15(14(19)20)7-8-17(10-15)13(18)9-21-12-6-4-3-5-11(12)16/h3-6H,2,7-10H2,1H3,(H,19,20). The number of likely N-dealkylation sites (tertiary alicyclic amines) is 1. The number of carboxylic acid groups (broad SMARTS) is 1. The zero-order valence-electron chi connectivity index (χ0n) is 11.8. The number of rotatable bonds is 5. The fourth-order valence-corrected chi connectivity index (χ4v) is 2.68. The summed E-state index contributed by atoms with van der Waals surface area (Å²) in [5.74, 6) is -0.606. The van der Waals surface area contributed by atoms with Crippen LogP contribution in [0.2, 0.25) is 5.02 Å². The Bertz CT molecular complexity index is 548. The van der Waals surface area contributed by atoms with Gasteiger partial charge in [-0.25, -0.2) is 0 Å². The molecule has 1 unspecified atom stereocenters. The van der Waals surface area contributed by atoms with Crippen LogP contribution in [0.1, 0.15) is 19.8 Å². The smallest absolute Gasteiger partial charge is 0.311 e. The number of ether oxygens (including phenoxy) is 1. The second kappa shape index (κ2) is 6.35. The predicted molar refractivity (Wildman–Crippen MR) is 78.5 cm³/mol. The summed E-state index contributed by atoms with van der Waals surface area (Å²) in [5.41, 5.74) is -0.819. The highest BCUT2D eigenvalue weighted by Gasteiger charge is 2.44. The maximum Gasteiger partial charge on any atom is 0.311 e. The van der Waals surface area contributed by atoms with Gasteiger partial charge in [0.2, 0.25) is 0 Å². The summed E-state index contributed by atoms with van der Waals surface area (Å²) in [7, 11) is 0. The first-order valence-corrected chi connectivity index (χ1v) is 7.25. The number of benzene rings is 1. The van der Waals surface area contributed by atoms with Gasteiger partial charge in [0.1, 0.15) is 5.75 Å². The van der Waals surface area contributed by atoms with E-state index in [9.17, 15) is 14.7 Å². The lowest BCUT2D eigenvalue weighted by atomic mass is 9.84. The third-order valence-corrected chi connectivity index (χ3v) is 4.34. The van der Waals surface area contributed by atoms with Gasteiger partial charge in [0.15, 0.2) is 6.61 Å². The van der Waals surface area contributed by atoms with Gasteiger partial charge in [0.05, 0.1) is 10.4 Å². The number of carbonyl (C=O) groups is 2. The molecule has 1 amide bonds. The van der Waals surface area contributed by atoms with Gasteiger partial charge < -0.3 is 14.7 Å². The zero-order valence-corrected chi connectivity index (χ0v) is 12.6. The number of halogens is 1. The third kappa shape index (κ3) is 3.29. The van der Waals surface area contributed by atoms with Gasteiger partial charge in [0.25, 0.3) is 5.91 Å². The summed E-state index contributed by atoms with van der Waals surface area (Å²) in [6.45, 7) is 2.39. The minimum atomic E-state index is -0.840. The SMILES string of the molecule is CCC1(C(=O)O)CCN(C(=O)COc2ccccc2Cl)C1. The summed E-state index contributed by atoms with van der Waals surface area (Å²) < 4.78 is 5.40. The van der Waals surface area contributed by atoms with Crippen LogP contribution in [0.3, 0.4) is 0 Å². The maximum atomic E-state index is 12.1. The van der Waals surface area contributed by atoms with Crippen LogP contribution in [0.15, 0.2) is 24.3 Å². The number of carboxylic acids is 1. The normalized spacial score (nSPS) is 21.3. The van der Waals surface area contributed by atoms with Gasteiger partial charge in [-0.1, -0.05) is 30.7 Å². The Balaban J connectivity index is 1.94. The molecule has 1 aromatic rings. The summed E-state index contributed by atoms with van der Waals surface area (Å²) in [4.78, 5) is 25.0. The maximum absolute atomic E-state index is 12.1. The number of aliphatic carboxylic acids is 1. The lowest BCUT2D eigenvalue weighted by Crippen LogP contribution is -2.38. The average molecular weight is 312 g/mol. The molecule has 5 nitrogen and oxygen atoms in total. The fraction of sp³-hybridized carbons (Fsp3) is 0.467. The Kier molecular flexibility index (Phi) is 4.73. The Morgan fingerprint density at radius 1 is 1.43 bits per heavy atom. The lowest BCUT2D eigenvalue weighted by molar-refractivity contribution is -0.148. The van der Waals surface area contributed by atoms with Crippen molar-refractivity contribution in [2.75, 3.05) is 19.7 Å². The monoisotopic (exact) mass is 311 g/mol. The number of carbonyl (C=O) groups excluding carboxylic acids is 1. The Hall–Kier alpha value is -1.75. The van der Waals surface area contributed by atoms with Crippen LogP contribution in [-0.4, -0.2) is 41.6 Å². The molecule has 1 aromatic carbocycles. The quantitative estimate of drug-likeness (QED) is 0.907. The lowest BCUT2D eigenvalue weighted by Gasteiger charge is -2.23. The van der Waals surface area contributed by atoms with E-state index in [2.05, 4.69) is 0 Å². The largest absolute Gasteiger partial charge is 0.482 e. The van der Waals surface area contributed by atoms with Crippen LogP contribution in [0, 0.1) is 5.41 Å². The number of para-hydroxylation sites is 1. The second-order valence-electron chi connectivity index (χ2n) is 5.22. The molecule has 0 aromatic heterocycles.